The largest absolute Gasteiger partial charge is 0.502 e. The van der Waals surface area contributed by atoms with E-state index >= 15 is 0 Å². The van der Waals surface area contributed by atoms with Gasteiger partial charge in [0.1, 0.15) is 0 Å². The van der Waals surface area contributed by atoms with Crippen molar-refractivity contribution in [3.8, 4) is 5.75 Å². The molecular weight excluding hydrogens is 354 g/mol. The number of hydrogen-bond donors (Lipinski definition) is 2. The van der Waals surface area contributed by atoms with Crippen LogP contribution in [-0.2, 0) is 0 Å². The molecule has 0 fully saturated rings. The van der Waals surface area contributed by atoms with Crippen LogP contribution in [0.15, 0.2) is 52.0 Å². The van der Waals surface area contributed by atoms with E-state index in [1.54, 1.807) is 24.3 Å². The van der Waals surface area contributed by atoms with Gasteiger partial charge in [-0.05, 0) is 45.8 Å². The summed E-state index contributed by atoms with van der Waals surface area (Å²) < 4.78 is 0.635. The van der Waals surface area contributed by atoms with Gasteiger partial charge in [0.2, 0.25) is 0 Å². The molecule has 1 amide bonds. The summed E-state index contributed by atoms with van der Waals surface area (Å²) in [6, 6.07) is 10.6. The Morgan fingerprint density at radius 1 is 1.32 bits per heavy atom. The molecule has 0 heterocycles. The predicted octanol–water partition coefficient (Wildman–Crippen LogP) is 2.83. The molecule has 2 N–H and O–H groups in total. The molecule has 112 valence electrons. The van der Waals surface area contributed by atoms with Crippen molar-refractivity contribution in [2.45, 2.75) is 0 Å². The Kier molecular flexibility index (Phi) is 4.84. The van der Waals surface area contributed by atoms with Crippen molar-refractivity contribution in [2.75, 3.05) is 0 Å². The van der Waals surface area contributed by atoms with Crippen molar-refractivity contribution in [1.82, 2.24) is 5.43 Å². The summed E-state index contributed by atoms with van der Waals surface area (Å²) in [4.78, 5) is 21.8. The SMILES string of the molecule is O=C(N/N=C\c1ccc([N+](=O)[O-])c(O)c1)c1ccccc1Br. The van der Waals surface area contributed by atoms with Crippen LogP contribution in [-0.4, -0.2) is 22.2 Å². The Labute approximate surface area is 133 Å². The number of benzene rings is 2. The normalized spacial score (nSPS) is 10.6. The number of nitrogens with one attached hydrogen (secondary N) is 1. The zero-order chi connectivity index (χ0) is 16.1. The second kappa shape index (κ2) is 6.81. The van der Waals surface area contributed by atoms with E-state index in [0.29, 0.717) is 15.6 Å². The molecule has 0 saturated carbocycles. The molecular formula is C14H10BrN3O4. The van der Waals surface area contributed by atoms with Gasteiger partial charge in [-0.15, -0.1) is 0 Å². The van der Waals surface area contributed by atoms with Crippen molar-refractivity contribution < 1.29 is 14.8 Å². The predicted molar refractivity (Wildman–Crippen MR) is 84.0 cm³/mol. The minimum absolute atomic E-state index is 0.394. The summed E-state index contributed by atoms with van der Waals surface area (Å²) in [7, 11) is 0. The summed E-state index contributed by atoms with van der Waals surface area (Å²) in [5.41, 5.74) is 2.77. The first-order valence-corrected chi connectivity index (χ1v) is 6.83. The molecule has 2 aromatic carbocycles. The lowest BCUT2D eigenvalue weighted by atomic mass is 10.2. The molecule has 22 heavy (non-hydrogen) atoms. The second-order valence-corrected chi connectivity index (χ2v) is 5.04. The third kappa shape index (κ3) is 3.67. The fourth-order valence-electron chi connectivity index (χ4n) is 1.65. The molecule has 0 atom stereocenters. The number of phenols is 1. The van der Waals surface area contributed by atoms with Gasteiger partial charge < -0.3 is 5.11 Å². The first-order chi connectivity index (χ1) is 10.5. The molecule has 0 unspecified atom stereocenters. The minimum Gasteiger partial charge on any atom is -0.502 e. The summed E-state index contributed by atoms with van der Waals surface area (Å²) in [6.45, 7) is 0. The number of nitrogens with zero attached hydrogens (tertiary/aromatic N) is 2. The van der Waals surface area contributed by atoms with Crippen LogP contribution in [0.5, 0.6) is 5.75 Å². The Morgan fingerprint density at radius 2 is 2.05 bits per heavy atom. The van der Waals surface area contributed by atoms with E-state index in [1.165, 1.54) is 18.3 Å². The lowest BCUT2D eigenvalue weighted by Gasteiger charge is -2.02. The van der Waals surface area contributed by atoms with E-state index in [0.717, 1.165) is 6.07 Å². The number of carbonyl (C=O) groups excluding carboxylic acids is 1. The van der Waals surface area contributed by atoms with Gasteiger partial charge in [0.15, 0.2) is 5.75 Å². The number of nitro groups is 1. The average Bonchev–Trinajstić information content (AvgIpc) is 2.47. The molecule has 0 aromatic heterocycles. The van der Waals surface area contributed by atoms with Gasteiger partial charge in [-0.2, -0.15) is 5.10 Å². The van der Waals surface area contributed by atoms with Crippen molar-refractivity contribution >= 4 is 33.7 Å². The van der Waals surface area contributed by atoms with Crippen LogP contribution in [0, 0.1) is 10.1 Å². The first kappa shape index (κ1) is 15.6. The van der Waals surface area contributed by atoms with E-state index in [-0.39, 0.29) is 0 Å². The minimum atomic E-state index is -0.690. The lowest BCUT2D eigenvalue weighted by molar-refractivity contribution is -0.385. The van der Waals surface area contributed by atoms with E-state index in [1.807, 2.05) is 0 Å². The maximum absolute atomic E-state index is 11.9. The number of phenolic OH excluding ortho intramolecular Hbond substituents is 1. The van der Waals surface area contributed by atoms with Gasteiger partial charge in [-0.3, -0.25) is 14.9 Å². The van der Waals surface area contributed by atoms with E-state index in [9.17, 15) is 20.0 Å². The average molecular weight is 364 g/mol. The second-order valence-electron chi connectivity index (χ2n) is 4.18. The first-order valence-electron chi connectivity index (χ1n) is 6.04. The Hall–Kier alpha value is -2.74. The van der Waals surface area contributed by atoms with E-state index in [2.05, 4.69) is 26.5 Å². The molecule has 2 aromatic rings. The third-order valence-corrected chi connectivity index (χ3v) is 3.39. The molecule has 0 saturated heterocycles. The van der Waals surface area contributed by atoms with E-state index < -0.39 is 22.3 Å². The van der Waals surface area contributed by atoms with Gasteiger partial charge in [0.25, 0.3) is 5.91 Å². The fraction of sp³-hybridized carbons (Fsp3) is 0. The Balaban J connectivity index is 2.07. The number of halogens is 1. The highest BCUT2D eigenvalue weighted by Crippen LogP contribution is 2.25. The highest BCUT2D eigenvalue weighted by molar-refractivity contribution is 9.10. The van der Waals surface area contributed by atoms with Gasteiger partial charge in [0, 0.05) is 10.5 Å². The Morgan fingerprint density at radius 3 is 2.68 bits per heavy atom. The van der Waals surface area contributed by atoms with E-state index in [4.69, 9.17) is 0 Å². The molecule has 0 aliphatic carbocycles. The smallest absolute Gasteiger partial charge is 0.310 e. The van der Waals surface area contributed by atoms with Crippen LogP contribution in [0.1, 0.15) is 15.9 Å². The molecule has 0 bridgehead atoms. The van der Waals surface area contributed by atoms with Gasteiger partial charge >= 0.3 is 5.69 Å². The molecule has 0 spiro atoms. The maximum Gasteiger partial charge on any atom is 0.310 e. The van der Waals surface area contributed by atoms with Crippen LogP contribution < -0.4 is 5.43 Å². The highest BCUT2D eigenvalue weighted by atomic mass is 79.9. The Bertz CT molecular complexity index is 762. The standard InChI is InChI=1S/C14H10BrN3O4/c15-11-4-2-1-3-10(11)14(20)17-16-8-9-5-6-12(18(21)22)13(19)7-9/h1-8,19H,(H,17,20)/b16-8-. The number of hydrazone groups is 1. The van der Waals surface area contributed by atoms with Crippen molar-refractivity contribution in [1.29, 1.82) is 0 Å². The number of amides is 1. The van der Waals surface area contributed by atoms with Gasteiger partial charge in [-0.25, -0.2) is 5.43 Å². The zero-order valence-corrected chi connectivity index (χ0v) is 12.6. The summed E-state index contributed by atoms with van der Waals surface area (Å²) in [5, 5.41) is 23.8. The molecule has 8 heteroatoms. The fourth-order valence-corrected chi connectivity index (χ4v) is 2.11. The van der Waals surface area contributed by atoms with Crippen molar-refractivity contribution in [3.63, 3.8) is 0 Å². The highest BCUT2D eigenvalue weighted by Gasteiger charge is 2.12. The lowest BCUT2D eigenvalue weighted by Crippen LogP contribution is -2.18. The topological polar surface area (TPSA) is 105 Å². The maximum atomic E-state index is 11.9. The van der Waals surface area contributed by atoms with Crippen LogP contribution in [0.2, 0.25) is 0 Å². The summed E-state index contributed by atoms with van der Waals surface area (Å²) in [6.07, 6.45) is 1.28. The molecule has 7 nitrogen and oxygen atoms in total. The molecule has 2 rings (SSSR count). The van der Waals surface area contributed by atoms with Gasteiger partial charge in [0.05, 0.1) is 16.7 Å². The van der Waals surface area contributed by atoms with Crippen molar-refractivity contribution in [2.24, 2.45) is 5.10 Å². The van der Waals surface area contributed by atoms with Crippen LogP contribution in [0.25, 0.3) is 0 Å². The number of aromatic hydroxyl groups is 1. The number of nitro benzene ring substituents is 1. The molecule has 0 aliphatic rings. The quantitative estimate of drug-likeness (QED) is 0.494. The summed E-state index contributed by atoms with van der Waals surface area (Å²) >= 11 is 3.26. The molecule has 0 radical (unpaired) electrons. The number of carbonyl (C=O) groups is 1. The van der Waals surface area contributed by atoms with Crippen LogP contribution in [0.4, 0.5) is 5.69 Å². The number of rotatable bonds is 4. The van der Waals surface area contributed by atoms with Crippen molar-refractivity contribution in [3.05, 3.63) is 68.2 Å². The van der Waals surface area contributed by atoms with Gasteiger partial charge in [-0.1, -0.05) is 12.1 Å². The summed E-state index contributed by atoms with van der Waals surface area (Å²) in [5.74, 6) is -0.874. The number of hydrogen-bond acceptors (Lipinski definition) is 5. The zero-order valence-electron chi connectivity index (χ0n) is 11.1. The van der Waals surface area contributed by atoms with Crippen LogP contribution in [0.3, 0.4) is 0 Å². The molecule has 0 aliphatic heterocycles. The monoisotopic (exact) mass is 363 g/mol. The third-order valence-electron chi connectivity index (χ3n) is 2.69. The van der Waals surface area contributed by atoms with Crippen LogP contribution >= 0.6 is 15.9 Å².